The van der Waals surface area contributed by atoms with Gasteiger partial charge in [0.05, 0.1) is 0 Å². The molecule has 1 rings (SSSR count). The average Bonchev–Trinajstić information content (AvgIpc) is 2.50. The van der Waals surface area contributed by atoms with E-state index in [0.29, 0.717) is 6.54 Å². The predicted octanol–water partition coefficient (Wildman–Crippen LogP) is 4.72. The number of hydrogen-bond acceptors (Lipinski definition) is 2. The van der Waals surface area contributed by atoms with Crippen molar-refractivity contribution in [2.45, 2.75) is 64.8 Å². The summed E-state index contributed by atoms with van der Waals surface area (Å²) in [6, 6.07) is 8.60. The summed E-state index contributed by atoms with van der Waals surface area (Å²) in [5.41, 5.74) is 8.12. The fraction of sp³-hybridized carbons (Fsp3) is 0.667. The van der Waals surface area contributed by atoms with E-state index in [0.717, 1.165) is 6.54 Å². The van der Waals surface area contributed by atoms with Gasteiger partial charge in [0.1, 0.15) is 0 Å². The maximum atomic E-state index is 5.62. The molecule has 0 spiro atoms. The molecule has 0 heterocycles. The van der Waals surface area contributed by atoms with Gasteiger partial charge < -0.3 is 10.6 Å². The molecule has 0 bridgehead atoms. The molecule has 0 atom stereocenters. The molecule has 2 heteroatoms. The lowest BCUT2D eigenvalue weighted by Crippen LogP contribution is -2.18. The first-order chi connectivity index (χ1) is 9.77. The van der Waals surface area contributed by atoms with E-state index < -0.39 is 0 Å². The van der Waals surface area contributed by atoms with Gasteiger partial charge in [-0.05, 0) is 24.1 Å². The third kappa shape index (κ3) is 6.95. The van der Waals surface area contributed by atoms with Crippen LogP contribution in [0, 0.1) is 0 Å². The Morgan fingerprint density at radius 2 is 1.40 bits per heavy atom. The Bertz CT molecular complexity index is 332. The van der Waals surface area contributed by atoms with Gasteiger partial charge in [0.25, 0.3) is 0 Å². The van der Waals surface area contributed by atoms with Gasteiger partial charge >= 0.3 is 0 Å². The molecule has 2 N–H and O–H groups in total. The number of unbranched alkanes of at least 4 members (excludes halogenated alkanes) is 7. The van der Waals surface area contributed by atoms with Gasteiger partial charge in [-0.15, -0.1) is 0 Å². The molecular weight excluding hydrogens is 244 g/mol. The van der Waals surface area contributed by atoms with E-state index in [9.17, 15) is 0 Å². The van der Waals surface area contributed by atoms with Crippen LogP contribution in [0.3, 0.4) is 0 Å². The molecule has 0 aliphatic carbocycles. The zero-order valence-corrected chi connectivity index (χ0v) is 13.4. The molecule has 1 aromatic rings. The van der Waals surface area contributed by atoms with Crippen LogP contribution in [0.5, 0.6) is 0 Å². The Morgan fingerprint density at radius 1 is 0.850 bits per heavy atom. The summed E-state index contributed by atoms with van der Waals surface area (Å²) in [4.78, 5) is 2.34. The Hall–Kier alpha value is -1.02. The van der Waals surface area contributed by atoms with Crippen molar-refractivity contribution < 1.29 is 0 Å². The fourth-order valence-corrected chi connectivity index (χ4v) is 2.50. The van der Waals surface area contributed by atoms with Gasteiger partial charge in [0.15, 0.2) is 0 Å². The zero-order valence-electron chi connectivity index (χ0n) is 13.4. The van der Waals surface area contributed by atoms with Crippen molar-refractivity contribution >= 4 is 5.69 Å². The molecule has 0 aliphatic rings. The minimum absolute atomic E-state index is 0.627. The second kappa shape index (κ2) is 10.7. The summed E-state index contributed by atoms with van der Waals surface area (Å²) in [7, 11) is 2.18. The summed E-state index contributed by atoms with van der Waals surface area (Å²) in [6.07, 6.45) is 11.0. The summed E-state index contributed by atoms with van der Waals surface area (Å²) in [5, 5.41) is 0. The molecule has 0 saturated carbocycles. The largest absolute Gasteiger partial charge is 0.375 e. The first kappa shape index (κ1) is 17.0. The molecular formula is C18H32N2. The van der Waals surface area contributed by atoms with Crippen LogP contribution in [0.2, 0.25) is 0 Å². The van der Waals surface area contributed by atoms with Gasteiger partial charge in [0, 0.05) is 25.8 Å². The van der Waals surface area contributed by atoms with Crippen molar-refractivity contribution in [3.63, 3.8) is 0 Å². The molecule has 0 unspecified atom stereocenters. The Morgan fingerprint density at radius 3 is 1.95 bits per heavy atom. The summed E-state index contributed by atoms with van der Waals surface area (Å²) < 4.78 is 0. The van der Waals surface area contributed by atoms with Crippen molar-refractivity contribution in [2.75, 3.05) is 18.5 Å². The van der Waals surface area contributed by atoms with Gasteiger partial charge in [-0.2, -0.15) is 0 Å². The van der Waals surface area contributed by atoms with Crippen LogP contribution < -0.4 is 10.6 Å². The Kier molecular flexibility index (Phi) is 9.14. The topological polar surface area (TPSA) is 29.3 Å². The highest BCUT2D eigenvalue weighted by molar-refractivity contribution is 5.46. The van der Waals surface area contributed by atoms with E-state index in [1.807, 2.05) is 0 Å². The molecule has 2 nitrogen and oxygen atoms in total. The van der Waals surface area contributed by atoms with E-state index in [4.69, 9.17) is 5.73 Å². The van der Waals surface area contributed by atoms with E-state index in [1.165, 1.54) is 62.6 Å². The second-order valence-corrected chi connectivity index (χ2v) is 5.77. The van der Waals surface area contributed by atoms with Crippen molar-refractivity contribution in [3.05, 3.63) is 29.8 Å². The van der Waals surface area contributed by atoms with Crippen molar-refractivity contribution in [3.8, 4) is 0 Å². The highest BCUT2D eigenvalue weighted by atomic mass is 15.1. The molecule has 1 aromatic carbocycles. The van der Waals surface area contributed by atoms with Crippen LogP contribution in [-0.2, 0) is 6.54 Å². The fourth-order valence-electron chi connectivity index (χ4n) is 2.50. The van der Waals surface area contributed by atoms with E-state index in [2.05, 4.69) is 43.1 Å². The molecule has 0 radical (unpaired) electrons. The van der Waals surface area contributed by atoms with Crippen LogP contribution in [0.4, 0.5) is 5.69 Å². The third-order valence-corrected chi connectivity index (χ3v) is 3.96. The van der Waals surface area contributed by atoms with E-state index in [1.54, 1.807) is 0 Å². The molecule has 0 amide bonds. The monoisotopic (exact) mass is 276 g/mol. The predicted molar refractivity (Wildman–Crippen MR) is 90.2 cm³/mol. The quantitative estimate of drug-likeness (QED) is 0.592. The van der Waals surface area contributed by atoms with Crippen molar-refractivity contribution in [1.82, 2.24) is 0 Å². The van der Waals surface area contributed by atoms with Gasteiger partial charge in [-0.25, -0.2) is 0 Å². The van der Waals surface area contributed by atoms with E-state index >= 15 is 0 Å². The SMILES string of the molecule is CCCCCCCCCCN(C)c1ccc(CN)cc1. The molecule has 20 heavy (non-hydrogen) atoms. The molecule has 0 aliphatic heterocycles. The first-order valence-corrected chi connectivity index (χ1v) is 8.28. The minimum Gasteiger partial charge on any atom is -0.375 e. The molecule has 0 saturated heterocycles. The summed E-state index contributed by atoms with van der Waals surface area (Å²) in [5.74, 6) is 0. The van der Waals surface area contributed by atoms with Crippen molar-refractivity contribution in [2.24, 2.45) is 5.73 Å². The molecule has 0 fully saturated rings. The third-order valence-electron chi connectivity index (χ3n) is 3.96. The summed E-state index contributed by atoms with van der Waals surface area (Å²) in [6.45, 7) is 4.05. The van der Waals surface area contributed by atoms with Gasteiger partial charge in [-0.1, -0.05) is 64.0 Å². The number of nitrogens with two attached hydrogens (primary N) is 1. The minimum atomic E-state index is 0.627. The van der Waals surface area contributed by atoms with E-state index in [-0.39, 0.29) is 0 Å². The average molecular weight is 276 g/mol. The lowest BCUT2D eigenvalue weighted by Gasteiger charge is -2.19. The second-order valence-electron chi connectivity index (χ2n) is 5.77. The Labute approximate surface area is 125 Å². The first-order valence-electron chi connectivity index (χ1n) is 8.28. The number of nitrogens with zero attached hydrogens (tertiary/aromatic N) is 1. The maximum Gasteiger partial charge on any atom is 0.0363 e. The smallest absolute Gasteiger partial charge is 0.0363 e. The van der Waals surface area contributed by atoms with Gasteiger partial charge in [-0.3, -0.25) is 0 Å². The normalized spacial score (nSPS) is 10.8. The standard InChI is InChI=1S/C18H32N2/c1-3-4-5-6-7-8-9-10-15-20(2)18-13-11-17(16-19)12-14-18/h11-14H,3-10,15-16,19H2,1-2H3. The summed E-state index contributed by atoms with van der Waals surface area (Å²) >= 11 is 0. The molecule has 114 valence electrons. The number of rotatable bonds is 11. The zero-order chi connectivity index (χ0) is 14.6. The van der Waals surface area contributed by atoms with Crippen LogP contribution in [-0.4, -0.2) is 13.6 Å². The van der Waals surface area contributed by atoms with Crippen LogP contribution in [0.1, 0.15) is 63.9 Å². The number of benzene rings is 1. The molecule has 0 aromatic heterocycles. The van der Waals surface area contributed by atoms with Crippen LogP contribution >= 0.6 is 0 Å². The highest BCUT2D eigenvalue weighted by Crippen LogP contribution is 2.15. The number of anilines is 1. The lowest BCUT2D eigenvalue weighted by atomic mass is 10.1. The van der Waals surface area contributed by atoms with Crippen LogP contribution in [0.25, 0.3) is 0 Å². The number of hydrogen-bond donors (Lipinski definition) is 1. The highest BCUT2D eigenvalue weighted by Gasteiger charge is 2.00. The van der Waals surface area contributed by atoms with Crippen LogP contribution in [0.15, 0.2) is 24.3 Å². The van der Waals surface area contributed by atoms with Gasteiger partial charge in [0.2, 0.25) is 0 Å². The van der Waals surface area contributed by atoms with Crippen molar-refractivity contribution in [1.29, 1.82) is 0 Å². The maximum absolute atomic E-state index is 5.62. The lowest BCUT2D eigenvalue weighted by molar-refractivity contribution is 0.575. The Balaban J connectivity index is 2.08.